The highest BCUT2D eigenvalue weighted by atomic mass is 19.1. The third kappa shape index (κ3) is 3.45. The van der Waals surface area contributed by atoms with Crippen molar-refractivity contribution in [3.05, 3.63) is 53.5 Å². The van der Waals surface area contributed by atoms with Crippen molar-refractivity contribution in [2.24, 2.45) is 0 Å². The van der Waals surface area contributed by atoms with E-state index in [0.29, 0.717) is 17.1 Å². The molecule has 1 unspecified atom stereocenters. The van der Waals surface area contributed by atoms with Crippen molar-refractivity contribution in [2.45, 2.75) is 12.5 Å². The summed E-state index contributed by atoms with van der Waals surface area (Å²) in [6, 6.07) is 4.60. The fraction of sp³-hybridized carbons (Fsp3) is 0.231. The molecule has 0 fully saturated rings. The number of hydrogen-bond acceptors (Lipinski definition) is 4. The Hall–Kier alpha value is -2.08. The Kier molecular flexibility index (Phi) is 4.01. The number of aliphatic hydroxyl groups excluding tert-OH is 1. The molecule has 0 aliphatic heterocycles. The maximum atomic E-state index is 13.0. The van der Waals surface area contributed by atoms with Gasteiger partial charge in [0.2, 0.25) is 5.88 Å². The highest BCUT2D eigenvalue weighted by Crippen LogP contribution is 2.20. The molecule has 0 aliphatic carbocycles. The molecule has 1 N–H and O–H groups in total. The molecule has 6 heteroatoms. The zero-order valence-electron chi connectivity index (χ0n) is 10.2. The molecule has 19 heavy (non-hydrogen) atoms. The first-order chi connectivity index (χ1) is 9.08. The largest absolute Gasteiger partial charge is 0.481 e. The second kappa shape index (κ2) is 5.71. The van der Waals surface area contributed by atoms with Gasteiger partial charge in [0.25, 0.3) is 0 Å². The lowest BCUT2D eigenvalue weighted by atomic mass is 10.1. The van der Waals surface area contributed by atoms with Gasteiger partial charge in [-0.1, -0.05) is 0 Å². The Morgan fingerprint density at radius 2 is 1.84 bits per heavy atom. The standard InChI is InChI=1S/C13H12F2N2O2/c1-19-13-6-11(16-7-17-13)12(18)4-8-2-9(14)5-10(15)3-8/h2-3,5-7,12,18H,4H2,1H3. The van der Waals surface area contributed by atoms with E-state index >= 15 is 0 Å². The monoisotopic (exact) mass is 266 g/mol. The second-order valence-corrected chi connectivity index (χ2v) is 3.98. The first-order valence-electron chi connectivity index (χ1n) is 5.57. The number of nitrogens with zero attached hydrogens (tertiary/aromatic N) is 2. The lowest BCUT2D eigenvalue weighted by molar-refractivity contribution is 0.172. The number of aromatic nitrogens is 2. The summed E-state index contributed by atoms with van der Waals surface area (Å²) in [6.45, 7) is 0. The summed E-state index contributed by atoms with van der Waals surface area (Å²) in [5, 5.41) is 9.98. The number of rotatable bonds is 4. The number of aliphatic hydroxyl groups is 1. The summed E-state index contributed by atoms with van der Waals surface area (Å²) in [7, 11) is 1.44. The van der Waals surface area contributed by atoms with Crippen molar-refractivity contribution in [3.63, 3.8) is 0 Å². The van der Waals surface area contributed by atoms with Crippen LogP contribution in [-0.2, 0) is 6.42 Å². The van der Waals surface area contributed by atoms with Crippen molar-refractivity contribution in [3.8, 4) is 5.88 Å². The third-order valence-electron chi connectivity index (χ3n) is 2.57. The van der Waals surface area contributed by atoms with Crippen LogP contribution in [0.2, 0.25) is 0 Å². The summed E-state index contributed by atoms with van der Waals surface area (Å²) >= 11 is 0. The van der Waals surface area contributed by atoms with Crippen LogP contribution in [0.25, 0.3) is 0 Å². The van der Waals surface area contributed by atoms with Crippen molar-refractivity contribution in [1.29, 1.82) is 0 Å². The third-order valence-corrected chi connectivity index (χ3v) is 2.57. The molecular formula is C13H12F2N2O2. The fourth-order valence-electron chi connectivity index (χ4n) is 1.70. The molecule has 1 aromatic carbocycles. The van der Waals surface area contributed by atoms with Gasteiger partial charge in [0, 0.05) is 18.6 Å². The van der Waals surface area contributed by atoms with E-state index in [1.165, 1.54) is 31.6 Å². The van der Waals surface area contributed by atoms with Gasteiger partial charge in [0.15, 0.2) is 0 Å². The predicted octanol–water partition coefficient (Wildman–Crippen LogP) is 2.04. The van der Waals surface area contributed by atoms with Gasteiger partial charge in [-0.25, -0.2) is 18.7 Å². The zero-order valence-corrected chi connectivity index (χ0v) is 10.2. The Labute approximate surface area is 108 Å². The maximum absolute atomic E-state index is 13.0. The number of hydrogen-bond donors (Lipinski definition) is 1. The van der Waals surface area contributed by atoms with Gasteiger partial charge in [-0.05, 0) is 17.7 Å². The van der Waals surface area contributed by atoms with E-state index in [-0.39, 0.29) is 6.42 Å². The molecule has 0 amide bonds. The molecule has 0 aliphatic rings. The molecule has 1 heterocycles. The van der Waals surface area contributed by atoms with Crippen LogP contribution >= 0.6 is 0 Å². The van der Waals surface area contributed by atoms with Gasteiger partial charge in [0.05, 0.1) is 12.8 Å². The minimum Gasteiger partial charge on any atom is -0.481 e. The van der Waals surface area contributed by atoms with Crippen molar-refractivity contribution >= 4 is 0 Å². The summed E-state index contributed by atoms with van der Waals surface area (Å²) in [6.07, 6.45) is 0.316. The molecule has 4 nitrogen and oxygen atoms in total. The summed E-state index contributed by atoms with van der Waals surface area (Å²) < 4.78 is 31.0. The molecule has 0 spiro atoms. The zero-order chi connectivity index (χ0) is 13.8. The molecule has 0 bridgehead atoms. The van der Waals surface area contributed by atoms with E-state index in [9.17, 15) is 13.9 Å². The number of methoxy groups -OCH3 is 1. The normalized spacial score (nSPS) is 12.2. The molecule has 2 rings (SSSR count). The number of halogens is 2. The highest BCUT2D eigenvalue weighted by molar-refractivity contribution is 5.22. The minimum absolute atomic E-state index is 0.0504. The van der Waals surface area contributed by atoms with Gasteiger partial charge in [-0.15, -0.1) is 0 Å². The maximum Gasteiger partial charge on any atom is 0.216 e. The van der Waals surface area contributed by atoms with Gasteiger partial charge in [0.1, 0.15) is 24.1 Å². The molecule has 1 aromatic heterocycles. The minimum atomic E-state index is -0.988. The van der Waals surface area contributed by atoms with Crippen molar-refractivity contribution < 1.29 is 18.6 Å². The summed E-state index contributed by atoms with van der Waals surface area (Å²) in [5.41, 5.74) is 0.680. The SMILES string of the molecule is COc1cc(C(O)Cc2cc(F)cc(F)c2)ncn1. The van der Waals surface area contributed by atoms with Crippen LogP contribution in [0.15, 0.2) is 30.6 Å². The summed E-state index contributed by atoms with van der Waals surface area (Å²) in [5.74, 6) is -1.04. The van der Waals surface area contributed by atoms with Crippen LogP contribution in [0.3, 0.4) is 0 Å². The van der Waals surface area contributed by atoms with Crippen molar-refractivity contribution in [2.75, 3.05) is 7.11 Å². The Balaban J connectivity index is 2.17. The van der Waals surface area contributed by atoms with E-state index in [1.54, 1.807) is 0 Å². The Morgan fingerprint density at radius 3 is 2.47 bits per heavy atom. The highest BCUT2D eigenvalue weighted by Gasteiger charge is 2.13. The van der Waals surface area contributed by atoms with Gasteiger partial charge < -0.3 is 9.84 Å². The fourth-order valence-corrected chi connectivity index (χ4v) is 1.70. The molecule has 0 saturated carbocycles. The molecular weight excluding hydrogens is 254 g/mol. The first kappa shape index (κ1) is 13.4. The first-order valence-corrected chi connectivity index (χ1v) is 5.57. The molecule has 0 radical (unpaired) electrons. The average molecular weight is 266 g/mol. The Morgan fingerprint density at radius 1 is 1.16 bits per heavy atom. The summed E-state index contributed by atoms with van der Waals surface area (Å²) in [4.78, 5) is 7.71. The van der Waals surface area contributed by atoms with Gasteiger partial charge >= 0.3 is 0 Å². The van der Waals surface area contributed by atoms with Crippen LogP contribution in [0.5, 0.6) is 5.88 Å². The number of benzene rings is 1. The molecule has 2 aromatic rings. The quantitative estimate of drug-likeness (QED) is 0.920. The van der Waals surface area contributed by atoms with Crippen LogP contribution in [0, 0.1) is 11.6 Å². The van der Waals surface area contributed by atoms with Crippen molar-refractivity contribution in [1.82, 2.24) is 9.97 Å². The lowest BCUT2D eigenvalue weighted by Gasteiger charge is -2.11. The van der Waals surface area contributed by atoms with Crippen LogP contribution in [0.4, 0.5) is 8.78 Å². The van der Waals surface area contributed by atoms with E-state index < -0.39 is 17.7 Å². The van der Waals surface area contributed by atoms with Gasteiger partial charge in [-0.2, -0.15) is 0 Å². The molecule has 0 saturated heterocycles. The predicted molar refractivity (Wildman–Crippen MR) is 63.6 cm³/mol. The molecule has 1 atom stereocenters. The van der Waals surface area contributed by atoms with E-state index in [1.807, 2.05) is 0 Å². The van der Waals surface area contributed by atoms with Crippen LogP contribution in [0.1, 0.15) is 17.4 Å². The topological polar surface area (TPSA) is 55.2 Å². The van der Waals surface area contributed by atoms with E-state index in [0.717, 1.165) is 6.07 Å². The van der Waals surface area contributed by atoms with Gasteiger partial charge in [-0.3, -0.25) is 0 Å². The lowest BCUT2D eigenvalue weighted by Crippen LogP contribution is -2.05. The Bertz CT molecular complexity index is 558. The smallest absolute Gasteiger partial charge is 0.216 e. The van der Waals surface area contributed by atoms with E-state index in [4.69, 9.17) is 4.74 Å². The average Bonchev–Trinajstić information content (AvgIpc) is 2.37. The van der Waals surface area contributed by atoms with Crippen LogP contribution in [-0.4, -0.2) is 22.2 Å². The van der Waals surface area contributed by atoms with E-state index in [2.05, 4.69) is 9.97 Å². The number of ether oxygens (including phenoxy) is 1. The molecule has 100 valence electrons. The van der Waals surface area contributed by atoms with Crippen LogP contribution < -0.4 is 4.74 Å². The second-order valence-electron chi connectivity index (χ2n) is 3.98.